The third kappa shape index (κ3) is 4.44. The average molecular weight is 276 g/mol. The lowest BCUT2D eigenvalue weighted by Crippen LogP contribution is -2.41. The Morgan fingerprint density at radius 2 is 2.05 bits per heavy atom. The first-order valence-corrected chi connectivity index (χ1v) is 5.60. The number of nitrogens with zero attached hydrogens (tertiary/aromatic N) is 1. The standard InChI is InChI=1S/C12H15F3N2O2/c1-8-2-3-9(6-10(8)18)11(19)17(5-4-16)7-12(13,14)15/h2-3,6,18H,4-5,7,16H2,1H3. The molecule has 0 saturated heterocycles. The smallest absolute Gasteiger partial charge is 0.406 e. The lowest BCUT2D eigenvalue weighted by Gasteiger charge is -2.23. The molecule has 1 aromatic carbocycles. The van der Waals surface area contributed by atoms with E-state index in [0.29, 0.717) is 10.5 Å². The van der Waals surface area contributed by atoms with Crippen LogP contribution >= 0.6 is 0 Å². The Morgan fingerprint density at radius 1 is 1.42 bits per heavy atom. The van der Waals surface area contributed by atoms with Crippen LogP contribution < -0.4 is 5.73 Å². The molecule has 7 heteroatoms. The number of nitrogens with two attached hydrogens (primary N) is 1. The molecule has 1 rings (SSSR count). The average Bonchev–Trinajstić information content (AvgIpc) is 2.29. The first kappa shape index (κ1) is 15.3. The van der Waals surface area contributed by atoms with Gasteiger partial charge < -0.3 is 15.7 Å². The Bertz CT molecular complexity index is 461. The van der Waals surface area contributed by atoms with E-state index >= 15 is 0 Å². The van der Waals surface area contributed by atoms with Crippen molar-refractivity contribution in [1.82, 2.24) is 4.90 Å². The van der Waals surface area contributed by atoms with Crippen LogP contribution in [0.3, 0.4) is 0 Å². The van der Waals surface area contributed by atoms with Gasteiger partial charge in [0, 0.05) is 18.7 Å². The molecule has 0 fully saturated rings. The molecule has 0 heterocycles. The molecule has 0 aliphatic rings. The zero-order valence-electron chi connectivity index (χ0n) is 10.4. The van der Waals surface area contributed by atoms with Crippen molar-refractivity contribution in [3.8, 4) is 5.75 Å². The predicted octanol–water partition coefficient (Wildman–Crippen LogP) is 1.66. The summed E-state index contributed by atoms with van der Waals surface area (Å²) in [6.45, 7) is -0.0126. The van der Waals surface area contributed by atoms with Crippen molar-refractivity contribution >= 4 is 5.91 Å². The van der Waals surface area contributed by atoms with Crippen LogP contribution in [0.5, 0.6) is 5.75 Å². The van der Waals surface area contributed by atoms with Gasteiger partial charge in [-0.2, -0.15) is 13.2 Å². The van der Waals surface area contributed by atoms with Crippen LogP contribution in [-0.4, -0.2) is 41.7 Å². The van der Waals surface area contributed by atoms with E-state index < -0.39 is 18.6 Å². The summed E-state index contributed by atoms with van der Waals surface area (Å²) in [6, 6.07) is 3.99. The van der Waals surface area contributed by atoms with Crippen LogP contribution in [0, 0.1) is 6.92 Å². The predicted molar refractivity (Wildman–Crippen MR) is 63.9 cm³/mol. The van der Waals surface area contributed by atoms with E-state index in [0.717, 1.165) is 6.07 Å². The number of aromatic hydroxyl groups is 1. The van der Waals surface area contributed by atoms with Crippen LogP contribution in [0.2, 0.25) is 0 Å². The van der Waals surface area contributed by atoms with Crippen molar-refractivity contribution in [1.29, 1.82) is 0 Å². The summed E-state index contributed by atoms with van der Waals surface area (Å²) in [4.78, 5) is 12.6. The summed E-state index contributed by atoms with van der Waals surface area (Å²) in [5.41, 5.74) is 5.75. The van der Waals surface area contributed by atoms with E-state index in [9.17, 15) is 23.1 Å². The molecule has 3 N–H and O–H groups in total. The monoisotopic (exact) mass is 276 g/mol. The van der Waals surface area contributed by atoms with Crippen molar-refractivity contribution in [2.24, 2.45) is 5.73 Å². The normalized spacial score (nSPS) is 11.4. The summed E-state index contributed by atoms with van der Waals surface area (Å²) < 4.78 is 37.1. The van der Waals surface area contributed by atoms with Gasteiger partial charge in [0.1, 0.15) is 12.3 Å². The van der Waals surface area contributed by atoms with E-state index in [4.69, 9.17) is 5.73 Å². The molecule has 0 aromatic heterocycles. The molecule has 0 radical (unpaired) electrons. The molecular formula is C12H15F3N2O2. The molecule has 4 nitrogen and oxygen atoms in total. The lowest BCUT2D eigenvalue weighted by molar-refractivity contribution is -0.140. The van der Waals surface area contributed by atoms with Crippen molar-refractivity contribution < 1.29 is 23.1 Å². The SMILES string of the molecule is Cc1ccc(C(=O)N(CCN)CC(F)(F)F)cc1O. The fourth-order valence-electron chi connectivity index (χ4n) is 1.55. The van der Waals surface area contributed by atoms with Gasteiger partial charge >= 0.3 is 6.18 Å². The highest BCUT2D eigenvalue weighted by Crippen LogP contribution is 2.21. The number of phenolic OH excluding ortho intramolecular Hbond substituents is 1. The van der Waals surface area contributed by atoms with Crippen molar-refractivity contribution in [3.05, 3.63) is 29.3 Å². The molecule has 1 amide bonds. The van der Waals surface area contributed by atoms with Crippen LogP contribution in [0.25, 0.3) is 0 Å². The van der Waals surface area contributed by atoms with Crippen LogP contribution in [-0.2, 0) is 0 Å². The Balaban J connectivity index is 2.95. The van der Waals surface area contributed by atoms with Gasteiger partial charge in [-0.1, -0.05) is 6.07 Å². The van der Waals surface area contributed by atoms with Gasteiger partial charge in [-0.15, -0.1) is 0 Å². The van der Waals surface area contributed by atoms with Gasteiger partial charge in [0.05, 0.1) is 0 Å². The van der Waals surface area contributed by atoms with Gasteiger partial charge in [-0.05, 0) is 24.6 Å². The molecular weight excluding hydrogens is 261 g/mol. The Kier molecular flexibility index (Phi) is 4.77. The second-order valence-corrected chi connectivity index (χ2v) is 4.13. The lowest BCUT2D eigenvalue weighted by atomic mass is 10.1. The third-order valence-corrected chi connectivity index (χ3v) is 2.51. The van der Waals surface area contributed by atoms with Crippen molar-refractivity contribution in [2.75, 3.05) is 19.6 Å². The highest BCUT2D eigenvalue weighted by atomic mass is 19.4. The number of alkyl halides is 3. The molecule has 0 aliphatic heterocycles. The molecule has 0 spiro atoms. The molecule has 0 atom stereocenters. The number of halogens is 3. The molecule has 0 saturated carbocycles. The summed E-state index contributed by atoms with van der Waals surface area (Å²) >= 11 is 0. The minimum atomic E-state index is -4.49. The fourth-order valence-corrected chi connectivity index (χ4v) is 1.55. The highest BCUT2D eigenvalue weighted by Gasteiger charge is 2.33. The number of carbonyl (C=O) groups excluding carboxylic acids is 1. The molecule has 0 bridgehead atoms. The number of hydrogen-bond acceptors (Lipinski definition) is 3. The summed E-state index contributed by atoms with van der Waals surface area (Å²) in [5, 5.41) is 9.48. The minimum absolute atomic E-state index is 0.000741. The number of rotatable bonds is 4. The second kappa shape index (κ2) is 5.92. The number of hydrogen-bond donors (Lipinski definition) is 2. The number of carbonyl (C=O) groups is 1. The van der Waals surface area contributed by atoms with E-state index in [1.807, 2.05) is 0 Å². The third-order valence-electron chi connectivity index (χ3n) is 2.51. The fraction of sp³-hybridized carbons (Fsp3) is 0.417. The molecule has 0 aliphatic carbocycles. The van der Waals surface area contributed by atoms with E-state index in [-0.39, 0.29) is 24.4 Å². The molecule has 106 valence electrons. The largest absolute Gasteiger partial charge is 0.508 e. The van der Waals surface area contributed by atoms with Gasteiger partial charge in [0.15, 0.2) is 0 Å². The van der Waals surface area contributed by atoms with Crippen molar-refractivity contribution in [2.45, 2.75) is 13.1 Å². The van der Waals surface area contributed by atoms with Crippen molar-refractivity contribution in [3.63, 3.8) is 0 Å². The number of aryl methyl sites for hydroxylation is 1. The first-order chi connectivity index (χ1) is 8.74. The first-order valence-electron chi connectivity index (χ1n) is 5.60. The maximum absolute atomic E-state index is 12.4. The highest BCUT2D eigenvalue weighted by molar-refractivity contribution is 5.94. The Hall–Kier alpha value is -1.76. The van der Waals surface area contributed by atoms with Gasteiger partial charge in [-0.3, -0.25) is 4.79 Å². The topological polar surface area (TPSA) is 66.6 Å². The quantitative estimate of drug-likeness (QED) is 0.879. The summed E-state index contributed by atoms with van der Waals surface area (Å²) in [7, 11) is 0. The molecule has 1 aromatic rings. The van der Waals surface area contributed by atoms with Gasteiger partial charge in [-0.25, -0.2) is 0 Å². The summed E-state index contributed by atoms with van der Waals surface area (Å²) in [6.07, 6.45) is -4.49. The molecule has 0 unspecified atom stereocenters. The number of amides is 1. The van der Waals surface area contributed by atoms with Gasteiger partial charge in [0.2, 0.25) is 0 Å². The van der Waals surface area contributed by atoms with Crippen LogP contribution in [0.1, 0.15) is 15.9 Å². The number of benzene rings is 1. The van der Waals surface area contributed by atoms with Gasteiger partial charge in [0.25, 0.3) is 5.91 Å². The Morgan fingerprint density at radius 3 is 2.53 bits per heavy atom. The Labute approximate surface area is 108 Å². The van der Waals surface area contributed by atoms with E-state index in [1.54, 1.807) is 6.92 Å². The maximum Gasteiger partial charge on any atom is 0.406 e. The van der Waals surface area contributed by atoms with E-state index in [1.165, 1.54) is 12.1 Å². The zero-order valence-corrected chi connectivity index (χ0v) is 10.4. The summed E-state index contributed by atoms with van der Waals surface area (Å²) in [5.74, 6) is -0.941. The van der Waals surface area contributed by atoms with Crippen LogP contribution in [0.4, 0.5) is 13.2 Å². The molecule has 19 heavy (non-hydrogen) atoms. The maximum atomic E-state index is 12.4. The minimum Gasteiger partial charge on any atom is -0.508 e. The second-order valence-electron chi connectivity index (χ2n) is 4.13. The number of phenols is 1. The van der Waals surface area contributed by atoms with Crippen LogP contribution in [0.15, 0.2) is 18.2 Å². The zero-order chi connectivity index (χ0) is 14.6. The van der Waals surface area contributed by atoms with E-state index in [2.05, 4.69) is 0 Å².